The first-order valence-corrected chi connectivity index (χ1v) is 8.45. The maximum atomic E-state index is 12.7. The molecule has 0 radical (unpaired) electrons. The summed E-state index contributed by atoms with van der Waals surface area (Å²) in [5, 5.41) is 2.90. The molecule has 3 rings (SSSR count). The Morgan fingerprint density at radius 1 is 1.16 bits per heavy atom. The topological polar surface area (TPSA) is 58.6 Å². The maximum absolute atomic E-state index is 12.7. The lowest BCUT2D eigenvalue weighted by atomic mass is 10.1. The van der Waals surface area contributed by atoms with Crippen LogP contribution in [0.4, 0.5) is 5.69 Å². The minimum Gasteiger partial charge on any atom is -0.497 e. The third-order valence-corrected chi connectivity index (χ3v) is 4.41. The Morgan fingerprint density at radius 2 is 1.96 bits per heavy atom. The number of nitrogens with zero attached hydrogens (tertiary/aromatic N) is 1. The molecule has 1 N–H and O–H groups in total. The summed E-state index contributed by atoms with van der Waals surface area (Å²) in [5.74, 6) is 0.576. The third-order valence-electron chi connectivity index (χ3n) is 4.41. The number of amides is 2. The molecule has 0 aromatic heterocycles. The Hall–Kier alpha value is -2.82. The van der Waals surface area contributed by atoms with E-state index < -0.39 is 6.04 Å². The lowest BCUT2D eigenvalue weighted by molar-refractivity contribution is -0.136. The molecule has 1 atom stereocenters. The van der Waals surface area contributed by atoms with E-state index in [-0.39, 0.29) is 18.2 Å². The molecule has 1 aliphatic heterocycles. The van der Waals surface area contributed by atoms with E-state index in [1.54, 1.807) is 12.0 Å². The molecule has 0 unspecified atom stereocenters. The molecule has 0 bridgehead atoms. The minimum atomic E-state index is -0.404. The first-order valence-electron chi connectivity index (χ1n) is 8.45. The second-order valence-electron chi connectivity index (χ2n) is 6.13. The molecule has 1 aliphatic rings. The van der Waals surface area contributed by atoms with Gasteiger partial charge in [0.05, 0.1) is 13.5 Å². The van der Waals surface area contributed by atoms with Crippen LogP contribution in [-0.2, 0) is 16.0 Å². The van der Waals surface area contributed by atoms with Crippen molar-refractivity contribution >= 4 is 17.5 Å². The Bertz CT molecular complexity index is 746. The van der Waals surface area contributed by atoms with Gasteiger partial charge in [-0.3, -0.25) is 9.59 Å². The highest BCUT2D eigenvalue weighted by molar-refractivity contribution is 5.97. The van der Waals surface area contributed by atoms with Gasteiger partial charge in [-0.15, -0.1) is 0 Å². The van der Waals surface area contributed by atoms with Crippen molar-refractivity contribution < 1.29 is 14.3 Å². The summed E-state index contributed by atoms with van der Waals surface area (Å²) in [5.41, 5.74) is 1.64. The van der Waals surface area contributed by atoms with E-state index in [9.17, 15) is 9.59 Å². The van der Waals surface area contributed by atoms with Gasteiger partial charge in [-0.2, -0.15) is 0 Å². The van der Waals surface area contributed by atoms with Crippen molar-refractivity contribution in [3.8, 4) is 5.75 Å². The number of hydrogen-bond donors (Lipinski definition) is 1. The molecular weight excluding hydrogens is 316 g/mol. The molecule has 1 fully saturated rings. The molecule has 130 valence electrons. The SMILES string of the molecule is COc1cccc(CC(=O)N2CCC[C@H]2C(=O)Nc2ccccc2)c1. The fraction of sp³-hybridized carbons (Fsp3) is 0.300. The largest absolute Gasteiger partial charge is 0.497 e. The second kappa shape index (κ2) is 7.83. The van der Waals surface area contributed by atoms with Crippen molar-refractivity contribution in [3.63, 3.8) is 0 Å². The molecular formula is C20H22N2O3. The molecule has 25 heavy (non-hydrogen) atoms. The highest BCUT2D eigenvalue weighted by atomic mass is 16.5. The summed E-state index contributed by atoms with van der Waals surface area (Å²) in [7, 11) is 1.60. The average Bonchev–Trinajstić information content (AvgIpc) is 3.13. The maximum Gasteiger partial charge on any atom is 0.247 e. The van der Waals surface area contributed by atoms with Crippen LogP contribution in [0.15, 0.2) is 54.6 Å². The second-order valence-corrected chi connectivity index (χ2v) is 6.13. The van der Waals surface area contributed by atoms with Crippen molar-refractivity contribution in [2.45, 2.75) is 25.3 Å². The fourth-order valence-corrected chi connectivity index (χ4v) is 3.14. The molecule has 0 saturated carbocycles. The van der Waals surface area contributed by atoms with Crippen molar-refractivity contribution in [3.05, 3.63) is 60.2 Å². The van der Waals surface area contributed by atoms with E-state index in [2.05, 4.69) is 5.32 Å². The summed E-state index contributed by atoms with van der Waals surface area (Å²) in [6.45, 7) is 0.621. The highest BCUT2D eigenvalue weighted by Gasteiger charge is 2.33. The van der Waals surface area contributed by atoms with E-state index in [0.717, 1.165) is 23.4 Å². The Labute approximate surface area is 147 Å². The number of rotatable bonds is 5. The number of methoxy groups -OCH3 is 1. The summed E-state index contributed by atoms with van der Waals surface area (Å²) >= 11 is 0. The van der Waals surface area contributed by atoms with Gasteiger partial charge in [0, 0.05) is 12.2 Å². The lowest BCUT2D eigenvalue weighted by Gasteiger charge is -2.24. The normalized spacial score (nSPS) is 16.5. The van der Waals surface area contributed by atoms with Crippen LogP contribution in [0.5, 0.6) is 5.75 Å². The summed E-state index contributed by atoms with van der Waals surface area (Å²) in [6, 6.07) is 16.4. The fourth-order valence-electron chi connectivity index (χ4n) is 3.14. The van der Waals surface area contributed by atoms with Gasteiger partial charge in [0.1, 0.15) is 11.8 Å². The monoisotopic (exact) mass is 338 g/mol. The van der Waals surface area contributed by atoms with Gasteiger partial charge >= 0.3 is 0 Å². The zero-order valence-corrected chi connectivity index (χ0v) is 14.3. The molecule has 2 aromatic carbocycles. The van der Waals surface area contributed by atoms with Crippen LogP contribution in [0.25, 0.3) is 0 Å². The van der Waals surface area contributed by atoms with E-state index in [4.69, 9.17) is 4.74 Å². The van der Waals surface area contributed by atoms with Crippen LogP contribution in [0.3, 0.4) is 0 Å². The molecule has 0 spiro atoms. The number of para-hydroxylation sites is 1. The Balaban J connectivity index is 1.65. The lowest BCUT2D eigenvalue weighted by Crippen LogP contribution is -2.43. The number of likely N-dealkylation sites (tertiary alicyclic amines) is 1. The average molecular weight is 338 g/mol. The van der Waals surface area contributed by atoms with Crippen LogP contribution in [0.2, 0.25) is 0 Å². The van der Waals surface area contributed by atoms with E-state index in [0.29, 0.717) is 13.0 Å². The predicted octanol–water partition coefficient (Wildman–Crippen LogP) is 2.87. The molecule has 1 saturated heterocycles. The van der Waals surface area contributed by atoms with Crippen molar-refractivity contribution in [1.82, 2.24) is 4.90 Å². The number of nitrogens with one attached hydrogen (secondary N) is 1. The number of hydrogen-bond acceptors (Lipinski definition) is 3. The molecule has 0 aliphatic carbocycles. The predicted molar refractivity (Wildman–Crippen MR) is 96.5 cm³/mol. The van der Waals surface area contributed by atoms with E-state index in [1.807, 2.05) is 54.6 Å². The van der Waals surface area contributed by atoms with Crippen molar-refractivity contribution in [1.29, 1.82) is 0 Å². The highest BCUT2D eigenvalue weighted by Crippen LogP contribution is 2.21. The molecule has 2 amide bonds. The number of anilines is 1. The first kappa shape index (κ1) is 17.0. The van der Waals surface area contributed by atoms with Crippen LogP contribution < -0.4 is 10.1 Å². The third kappa shape index (κ3) is 4.18. The molecule has 5 nitrogen and oxygen atoms in total. The first-order chi connectivity index (χ1) is 12.2. The van der Waals surface area contributed by atoms with Gasteiger partial charge in [0.15, 0.2) is 0 Å². The molecule has 5 heteroatoms. The number of carbonyl (C=O) groups excluding carboxylic acids is 2. The van der Waals surface area contributed by atoms with Gasteiger partial charge in [0.25, 0.3) is 0 Å². The van der Waals surface area contributed by atoms with Gasteiger partial charge in [-0.1, -0.05) is 30.3 Å². The van der Waals surface area contributed by atoms with Crippen LogP contribution >= 0.6 is 0 Å². The Kier molecular flexibility index (Phi) is 5.33. The van der Waals surface area contributed by atoms with Crippen LogP contribution in [0.1, 0.15) is 18.4 Å². The van der Waals surface area contributed by atoms with E-state index in [1.165, 1.54) is 0 Å². The van der Waals surface area contributed by atoms with Crippen LogP contribution in [0, 0.1) is 0 Å². The standard InChI is InChI=1S/C20H22N2O3/c1-25-17-10-5-7-15(13-17)14-19(23)22-12-6-11-18(22)20(24)21-16-8-3-2-4-9-16/h2-5,7-10,13,18H,6,11-12,14H2,1H3,(H,21,24)/t18-/m0/s1. The van der Waals surface area contributed by atoms with Gasteiger partial charge in [0.2, 0.25) is 11.8 Å². The number of ether oxygens (including phenoxy) is 1. The zero-order valence-electron chi connectivity index (χ0n) is 14.3. The smallest absolute Gasteiger partial charge is 0.247 e. The van der Waals surface area contributed by atoms with E-state index >= 15 is 0 Å². The molecule has 1 heterocycles. The van der Waals surface area contributed by atoms with Gasteiger partial charge in [-0.05, 0) is 42.7 Å². The minimum absolute atomic E-state index is 0.0287. The quantitative estimate of drug-likeness (QED) is 0.912. The van der Waals surface area contributed by atoms with Crippen molar-refractivity contribution in [2.75, 3.05) is 19.0 Å². The van der Waals surface area contributed by atoms with Crippen LogP contribution in [-0.4, -0.2) is 36.4 Å². The summed E-state index contributed by atoms with van der Waals surface area (Å²) < 4.78 is 5.20. The van der Waals surface area contributed by atoms with Crippen molar-refractivity contribution in [2.24, 2.45) is 0 Å². The number of carbonyl (C=O) groups is 2. The Morgan fingerprint density at radius 3 is 2.72 bits per heavy atom. The zero-order chi connectivity index (χ0) is 17.6. The summed E-state index contributed by atoms with van der Waals surface area (Å²) in [4.78, 5) is 26.9. The molecule has 2 aromatic rings. The van der Waals surface area contributed by atoms with Gasteiger partial charge in [-0.25, -0.2) is 0 Å². The number of benzene rings is 2. The van der Waals surface area contributed by atoms with Gasteiger partial charge < -0.3 is 15.0 Å². The summed E-state index contributed by atoms with van der Waals surface area (Å²) in [6.07, 6.45) is 1.81.